The second kappa shape index (κ2) is 5.07. The third-order valence-corrected chi connectivity index (χ3v) is 5.68. The van der Waals surface area contributed by atoms with Crippen molar-refractivity contribution < 1.29 is 0 Å². The van der Waals surface area contributed by atoms with Gasteiger partial charge in [-0.3, -0.25) is 4.90 Å². The van der Waals surface area contributed by atoms with Gasteiger partial charge in [0.15, 0.2) is 0 Å². The second-order valence-corrected chi connectivity index (χ2v) is 6.81. The molecule has 0 aromatic heterocycles. The zero-order chi connectivity index (χ0) is 13.5. The van der Waals surface area contributed by atoms with Gasteiger partial charge in [0.05, 0.1) is 0 Å². The fraction of sp³-hybridized carbons (Fsp3) is 0.667. The SMILES string of the molecule is CCC1CN2CCCC2CN1c1ccc2c(c1)CCC2. The maximum atomic E-state index is 2.73. The van der Waals surface area contributed by atoms with Crippen LogP contribution in [-0.2, 0) is 12.8 Å². The number of rotatable bonds is 2. The average Bonchev–Trinajstić information content (AvgIpc) is 3.13. The smallest absolute Gasteiger partial charge is 0.0415 e. The zero-order valence-electron chi connectivity index (χ0n) is 12.6. The lowest BCUT2D eigenvalue weighted by Gasteiger charge is -2.45. The fourth-order valence-electron chi connectivity index (χ4n) is 4.49. The van der Waals surface area contributed by atoms with Gasteiger partial charge in [-0.1, -0.05) is 13.0 Å². The van der Waals surface area contributed by atoms with Crippen LogP contribution in [0.5, 0.6) is 0 Å². The van der Waals surface area contributed by atoms with Crippen LogP contribution in [-0.4, -0.2) is 36.6 Å². The van der Waals surface area contributed by atoms with Crippen molar-refractivity contribution in [1.29, 1.82) is 0 Å². The molecule has 108 valence electrons. The highest BCUT2D eigenvalue weighted by Gasteiger charge is 2.35. The van der Waals surface area contributed by atoms with Crippen LogP contribution < -0.4 is 4.90 Å². The van der Waals surface area contributed by atoms with Crippen molar-refractivity contribution in [3.63, 3.8) is 0 Å². The van der Waals surface area contributed by atoms with Gasteiger partial charge in [0, 0.05) is 30.9 Å². The van der Waals surface area contributed by atoms with Gasteiger partial charge in [-0.25, -0.2) is 0 Å². The van der Waals surface area contributed by atoms with Crippen LogP contribution >= 0.6 is 0 Å². The Labute approximate surface area is 122 Å². The van der Waals surface area contributed by atoms with E-state index in [0.717, 1.165) is 6.04 Å². The molecule has 20 heavy (non-hydrogen) atoms. The standard InChI is InChI=1S/C18H26N2/c1-2-16-12-19-10-4-7-18(19)13-20(16)17-9-8-14-5-3-6-15(14)11-17/h8-9,11,16,18H,2-7,10,12-13H2,1H3. The summed E-state index contributed by atoms with van der Waals surface area (Å²) in [7, 11) is 0. The Morgan fingerprint density at radius 3 is 2.90 bits per heavy atom. The van der Waals surface area contributed by atoms with Crippen molar-refractivity contribution in [2.45, 2.75) is 57.5 Å². The normalized spacial score (nSPS) is 29.6. The summed E-state index contributed by atoms with van der Waals surface area (Å²) < 4.78 is 0. The van der Waals surface area contributed by atoms with Gasteiger partial charge in [-0.2, -0.15) is 0 Å². The van der Waals surface area contributed by atoms with E-state index in [1.807, 2.05) is 0 Å². The summed E-state index contributed by atoms with van der Waals surface area (Å²) in [5.41, 5.74) is 4.71. The van der Waals surface area contributed by atoms with E-state index in [-0.39, 0.29) is 0 Å². The molecule has 2 nitrogen and oxygen atoms in total. The number of fused-ring (bicyclic) bond motifs is 2. The molecule has 0 bridgehead atoms. The number of hydrogen-bond donors (Lipinski definition) is 0. The molecule has 2 atom stereocenters. The van der Waals surface area contributed by atoms with Crippen molar-refractivity contribution in [2.24, 2.45) is 0 Å². The van der Waals surface area contributed by atoms with E-state index in [1.165, 1.54) is 63.8 Å². The number of piperazine rings is 1. The molecular formula is C18H26N2. The Morgan fingerprint density at radius 1 is 1.10 bits per heavy atom. The van der Waals surface area contributed by atoms with E-state index in [4.69, 9.17) is 0 Å². The van der Waals surface area contributed by atoms with Gasteiger partial charge in [0.1, 0.15) is 0 Å². The second-order valence-electron chi connectivity index (χ2n) is 6.81. The highest BCUT2D eigenvalue weighted by atomic mass is 15.3. The summed E-state index contributed by atoms with van der Waals surface area (Å²) in [6, 6.07) is 8.80. The summed E-state index contributed by atoms with van der Waals surface area (Å²) in [4.78, 5) is 5.45. The number of aryl methyl sites for hydroxylation is 2. The predicted octanol–water partition coefficient (Wildman–Crippen LogP) is 3.24. The van der Waals surface area contributed by atoms with Crippen molar-refractivity contribution in [3.8, 4) is 0 Å². The molecule has 2 fully saturated rings. The summed E-state index contributed by atoms with van der Waals surface area (Å²) in [6.45, 7) is 6.20. The summed E-state index contributed by atoms with van der Waals surface area (Å²) in [6.07, 6.45) is 8.01. The lowest BCUT2D eigenvalue weighted by atomic mass is 10.0. The summed E-state index contributed by atoms with van der Waals surface area (Å²) >= 11 is 0. The molecule has 2 heterocycles. The van der Waals surface area contributed by atoms with Crippen molar-refractivity contribution in [1.82, 2.24) is 4.90 Å². The van der Waals surface area contributed by atoms with Gasteiger partial charge in [0.2, 0.25) is 0 Å². The Kier molecular flexibility index (Phi) is 3.22. The van der Waals surface area contributed by atoms with E-state index in [2.05, 4.69) is 34.9 Å². The van der Waals surface area contributed by atoms with Crippen LogP contribution in [0.25, 0.3) is 0 Å². The molecule has 1 aromatic rings. The summed E-state index contributed by atoms with van der Waals surface area (Å²) in [5, 5.41) is 0. The van der Waals surface area contributed by atoms with Crippen LogP contribution in [0.1, 0.15) is 43.7 Å². The molecule has 0 N–H and O–H groups in total. The fourth-order valence-corrected chi connectivity index (χ4v) is 4.49. The van der Waals surface area contributed by atoms with Crippen LogP contribution in [0.15, 0.2) is 18.2 Å². The molecule has 0 amide bonds. The predicted molar refractivity (Wildman–Crippen MR) is 84.5 cm³/mol. The van der Waals surface area contributed by atoms with Crippen LogP contribution in [0.4, 0.5) is 5.69 Å². The maximum Gasteiger partial charge on any atom is 0.0415 e. The molecule has 2 aliphatic heterocycles. The molecule has 0 saturated carbocycles. The largest absolute Gasteiger partial charge is 0.366 e. The number of nitrogens with zero attached hydrogens (tertiary/aromatic N) is 2. The first-order valence-electron chi connectivity index (χ1n) is 8.47. The quantitative estimate of drug-likeness (QED) is 0.814. The molecular weight excluding hydrogens is 244 g/mol. The summed E-state index contributed by atoms with van der Waals surface area (Å²) in [5.74, 6) is 0. The lowest BCUT2D eigenvalue weighted by Crippen LogP contribution is -2.56. The number of hydrogen-bond acceptors (Lipinski definition) is 2. The molecule has 4 rings (SSSR count). The Morgan fingerprint density at radius 2 is 2.00 bits per heavy atom. The molecule has 0 spiro atoms. The van der Waals surface area contributed by atoms with E-state index in [1.54, 1.807) is 11.1 Å². The van der Waals surface area contributed by atoms with E-state index < -0.39 is 0 Å². The first-order valence-corrected chi connectivity index (χ1v) is 8.47. The van der Waals surface area contributed by atoms with Gasteiger partial charge >= 0.3 is 0 Å². The van der Waals surface area contributed by atoms with E-state index in [9.17, 15) is 0 Å². The number of benzene rings is 1. The van der Waals surface area contributed by atoms with E-state index in [0.29, 0.717) is 6.04 Å². The topological polar surface area (TPSA) is 6.48 Å². The Balaban J connectivity index is 1.62. The number of anilines is 1. The van der Waals surface area contributed by atoms with Gasteiger partial charge in [0.25, 0.3) is 0 Å². The van der Waals surface area contributed by atoms with Gasteiger partial charge < -0.3 is 4.90 Å². The third-order valence-electron chi connectivity index (χ3n) is 5.68. The molecule has 2 saturated heterocycles. The minimum absolute atomic E-state index is 0.712. The average molecular weight is 270 g/mol. The first kappa shape index (κ1) is 12.7. The maximum absolute atomic E-state index is 2.73. The van der Waals surface area contributed by atoms with E-state index >= 15 is 0 Å². The molecule has 3 aliphatic rings. The Hall–Kier alpha value is -1.02. The highest BCUT2D eigenvalue weighted by molar-refractivity contribution is 5.53. The Bertz CT molecular complexity index is 496. The van der Waals surface area contributed by atoms with Crippen LogP contribution in [0.3, 0.4) is 0 Å². The lowest BCUT2D eigenvalue weighted by molar-refractivity contribution is 0.194. The minimum atomic E-state index is 0.712. The highest BCUT2D eigenvalue weighted by Crippen LogP contribution is 2.32. The van der Waals surface area contributed by atoms with Crippen molar-refractivity contribution >= 4 is 5.69 Å². The van der Waals surface area contributed by atoms with Crippen molar-refractivity contribution in [3.05, 3.63) is 29.3 Å². The zero-order valence-corrected chi connectivity index (χ0v) is 12.6. The molecule has 2 heteroatoms. The molecule has 0 radical (unpaired) electrons. The minimum Gasteiger partial charge on any atom is -0.366 e. The molecule has 2 unspecified atom stereocenters. The van der Waals surface area contributed by atoms with Gasteiger partial charge in [-0.05, 0) is 68.3 Å². The molecule has 1 aromatic carbocycles. The monoisotopic (exact) mass is 270 g/mol. The van der Waals surface area contributed by atoms with Crippen LogP contribution in [0.2, 0.25) is 0 Å². The van der Waals surface area contributed by atoms with Gasteiger partial charge in [-0.15, -0.1) is 0 Å². The third kappa shape index (κ3) is 2.05. The van der Waals surface area contributed by atoms with Crippen molar-refractivity contribution in [2.75, 3.05) is 24.5 Å². The first-order chi connectivity index (χ1) is 9.85. The molecule has 1 aliphatic carbocycles. The van der Waals surface area contributed by atoms with Crippen LogP contribution in [0, 0.1) is 0 Å².